The molecule has 6 nitrogen and oxygen atoms in total. The minimum atomic E-state index is -0.113. The average molecular weight is 341 g/mol. The first kappa shape index (κ1) is 17.5. The molecule has 0 amide bonds. The van der Waals surface area contributed by atoms with Gasteiger partial charge in [-0.1, -0.05) is 13.3 Å². The van der Waals surface area contributed by atoms with Crippen molar-refractivity contribution in [3.63, 3.8) is 0 Å². The molecule has 0 unspecified atom stereocenters. The molecular weight excluding hydrogens is 314 g/mol. The summed E-state index contributed by atoms with van der Waals surface area (Å²) in [5.74, 6) is 0.506. The highest BCUT2D eigenvalue weighted by Crippen LogP contribution is 2.20. The lowest BCUT2D eigenvalue weighted by Gasteiger charge is -2.34. The Morgan fingerprint density at radius 3 is 2.56 bits per heavy atom. The Labute approximate surface area is 148 Å². The molecule has 134 valence electrons. The number of nitrogens with zero attached hydrogens (tertiary/aromatic N) is 3. The van der Waals surface area contributed by atoms with E-state index in [9.17, 15) is 4.79 Å². The van der Waals surface area contributed by atoms with E-state index in [4.69, 9.17) is 0 Å². The lowest BCUT2D eigenvalue weighted by molar-refractivity contribution is 0.313. The highest BCUT2D eigenvalue weighted by atomic mass is 16.1. The summed E-state index contributed by atoms with van der Waals surface area (Å²) in [7, 11) is 2.16. The molecule has 1 saturated heterocycles. The Balaban J connectivity index is 1.67. The van der Waals surface area contributed by atoms with E-state index in [-0.39, 0.29) is 5.56 Å². The molecule has 2 aromatic rings. The van der Waals surface area contributed by atoms with Crippen LogP contribution in [0.1, 0.15) is 25.5 Å². The van der Waals surface area contributed by atoms with Crippen molar-refractivity contribution in [2.45, 2.75) is 26.2 Å². The maximum atomic E-state index is 11.8. The standard InChI is InChI=1S/C19H27N5O/c1-3-4-5-16-14-18(25)22-19(21-16)20-15-6-8-17(9-7-15)24-12-10-23(2)11-13-24/h6-9,14H,3-5,10-13H2,1-2H3,(H2,20,21,22,25). The highest BCUT2D eigenvalue weighted by molar-refractivity contribution is 5.59. The molecule has 0 saturated carbocycles. The molecule has 0 radical (unpaired) electrons. The highest BCUT2D eigenvalue weighted by Gasteiger charge is 2.14. The minimum Gasteiger partial charge on any atom is -0.369 e. The van der Waals surface area contributed by atoms with Crippen LogP contribution in [0.2, 0.25) is 0 Å². The number of H-pyrrole nitrogens is 1. The van der Waals surface area contributed by atoms with Crippen molar-refractivity contribution in [3.8, 4) is 0 Å². The van der Waals surface area contributed by atoms with Crippen molar-refractivity contribution in [3.05, 3.63) is 46.4 Å². The van der Waals surface area contributed by atoms with Crippen LogP contribution >= 0.6 is 0 Å². The van der Waals surface area contributed by atoms with Crippen LogP contribution in [0.3, 0.4) is 0 Å². The van der Waals surface area contributed by atoms with Gasteiger partial charge in [0, 0.05) is 49.3 Å². The van der Waals surface area contributed by atoms with Gasteiger partial charge >= 0.3 is 0 Å². The zero-order valence-electron chi connectivity index (χ0n) is 15.1. The molecule has 1 aromatic carbocycles. The number of piperazine rings is 1. The summed E-state index contributed by atoms with van der Waals surface area (Å²) in [6.07, 6.45) is 2.96. The van der Waals surface area contributed by atoms with E-state index < -0.39 is 0 Å². The summed E-state index contributed by atoms with van der Waals surface area (Å²) in [5.41, 5.74) is 2.88. The van der Waals surface area contributed by atoms with E-state index in [0.29, 0.717) is 5.95 Å². The summed E-state index contributed by atoms with van der Waals surface area (Å²) >= 11 is 0. The SMILES string of the molecule is CCCCc1cc(=O)[nH]c(Nc2ccc(N3CCN(C)CC3)cc2)n1. The zero-order chi connectivity index (χ0) is 17.6. The second kappa shape index (κ2) is 8.16. The normalized spacial score (nSPS) is 15.4. The summed E-state index contributed by atoms with van der Waals surface area (Å²) in [6.45, 7) is 6.43. The smallest absolute Gasteiger partial charge is 0.252 e. The van der Waals surface area contributed by atoms with Crippen LogP contribution in [-0.2, 0) is 6.42 Å². The third-order valence-electron chi connectivity index (χ3n) is 4.58. The van der Waals surface area contributed by atoms with Crippen LogP contribution in [0.5, 0.6) is 0 Å². The molecule has 0 spiro atoms. The molecule has 0 aliphatic carbocycles. The van der Waals surface area contributed by atoms with Crippen molar-refractivity contribution in [2.24, 2.45) is 0 Å². The van der Waals surface area contributed by atoms with E-state index in [1.165, 1.54) is 5.69 Å². The van der Waals surface area contributed by atoms with Gasteiger partial charge in [0.05, 0.1) is 0 Å². The third kappa shape index (κ3) is 4.82. The first-order valence-corrected chi connectivity index (χ1v) is 9.05. The summed E-state index contributed by atoms with van der Waals surface area (Å²) in [6, 6.07) is 9.88. The Morgan fingerprint density at radius 2 is 1.88 bits per heavy atom. The number of likely N-dealkylation sites (N-methyl/N-ethyl adjacent to an activating group) is 1. The van der Waals surface area contributed by atoms with Crippen LogP contribution in [0.4, 0.5) is 17.3 Å². The number of hydrogen-bond acceptors (Lipinski definition) is 5. The first-order valence-electron chi connectivity index (χ1n) is 9.05. The predicted molar refractivity (Wildman–Crippen MR) is 103 cm³/mol. The second-order valence-electron chi connectivity index (χ2n) is 6.65. The van der Waals surface area contributed by atoms with Gasteiger partial charge in [0.25, 0.3) is 5.56 Å². The summed E-state index contributed by atoms with van der Waals surface area (Å²) in [4.78, 5) is 23.8. The van der Waals surface area contributed by atoms with Crippen LogP contribution in [-0.4, -0.2) is 48.1 Å². The van der Waals surface area contributed by atoms with Crippen LogP contribution in [0, 0.1) is 0 Å². The lowest BCUT2D eigenvalue weighted by Crippen LogP contribution is -2.44. The number of aromatic nitrogens is 2. The van der Waals surface area contributed by atoms with E-state index in [1.54, 1.807) is 6.07 Å². The third-order valence-corrected chi connectivity index (χ3v) is 4.58. The lowest BCUT2D eigenvalue weighted by atomic mass is 10.2. The molecule has 3 rings (SSSR count). The molecule has 0 bridgehead atoms. The average Bonchev–Trinajstić information content (AvgIpc) is 2.61. The molecule has 2 N–H and O–H groups in total. The molecule has 6 heteroatoms. The van der Waals surface area contributed by atoms with E-state index in [2.05, 4.69) is 51.2 Å². The van der Waals surface area contributed by atoms with Crippen molar-refractivity contribution < 1.29 is 0 Å². The molecule has 25 heavy (non-hydrogen) atoms. The molecule has 1 aromatic heterocycles. The molecule has 1 aliphatic heterocycles. The van der Waals surface area contributed by atoms with Gasteiger partial charge in [-0.2, -0.15) is 0 Å². The zero-order valence-corrected chi connectivity index (χ0v) is 15.1. The topological polar surface area (TPSA) is 64.3 Å². The molecule has 1 aliphatic rings. The van der Waals surface area contributed by atoms with Crippen molar-refractivity contribution in [1.29, 1.82) is 0 Å². The number of aromatic amines is 1. The molecular formula is C19H27N5O. The fourth-order valence-electron chi connectivity index (χ4n) is 3.01. The summed E-state index contributed by atoms with van der Waals surface area (Å²) < 4.78 is 0. The number of nitrogens with one attached hydrogen (secondary N) is 2. The maximum absolute atomic E-state index is 11.8. The van der Waals surface area contributed by atoms with Gasteiger partial charge in [-0.15, -0.1) is 0 Å². The Bertz CT molecular complexity index is 732. The van der Waals surface area contributed by atoms with Crippen molar-refractivity contribution in [2.75, 3.05) is 43.4 Å². The van der Waals surface area contributed by atoms with Gasteiger partial charge in [-0.3, -0.25) is 9.78 Å². The minimum absolute atomic E-state index is 0.113. The number of rotatable bonds is 6. The number of anilines is 3. The van der Waals surface area contributed by atoms with Gasteiger partial charge in [0.2, 0.25) is 5.95 Å². The molecule has 0 atom stereocenters. The largest absolute Gasteiger partial charge is 0.369 e. The number of hydrogen-bond donors (Lipinski definition) is 2. The fourth-order valence-corrected chi connectivity index (χ4v) is 3.01. The molecule has 1 fully saturated rings. The molecule has 2 heterocycles. The first-order chi connectivity index (χ1) is 12.1. The van der Waals surface area contributed by atoms with E-state index in [0.717, 1.165) is 56.8 Å². The van der Waals surface area contributed by atoms with Crippen LogP contribution in [0.15, 0.2) is 35.1 Å². The van der Waals surface area contributed by atoms with Gasteiger partial charge in [0.1, 0.15) is 0 Å². The van der Waals surface area contributed by atoms with E-state index >= 15 is 0 Å². The Morgan fingerprint density at radius 1 is 1.16 bits per heavy atom. The monoisotopic (exact) mass is 341 g/mol. The van der Waals surface area contributed by atoms with E-state index in [1.807, 2.05) is 12.1 Å². The quantitative estimate of drug-likeness (QED) is 0.845. The Hall–Kier alpha value is -2.34. The number of aryl methyl sites for hydroxylation is 1. The van der Waals surface area contributed by atoms with Gasteiger partial charge in [0.15, 0.2) is 0 Å². The Kier molecular flexibility index (Phi) is 5.71. The van der Waals surface area contributed by atoms with Gasteiger partial charge in [-0.05, 0) is 44.2 Å². The van der Waals surface area contributed by atoms with Gasteiger partial charge < -0.3 is 15.1 Å². The second-order valence-corrected chi connectivity index (χ2v) is 6.65. The fraction of sp³-hybridized carbons (Fsp3) is 0.474. The maximum Gasteiger partial charge on any atom is 0.252 e. The number of benzene rings is 1. The van der Waals surface area contributed by atoms with Crippen LogP contribution in [0.25, 0.3) is 0 Å². The summed E-state index contributed by atoms with van der Waals surface area (Å²) in [5, 5.41) is 3.21. The van der Waals surface area contributed by atoms with Gasteiger partial charge in [-0.25, -0.2) is 4.98 Å². The van der Waals surface area contributed by atoms with Crippen molar-refractivity contribution in [1.82, 2.24) is 14.9 Å². The number of unbranched alkanes of at least 4 members (excludes halogenated alkanes) is 1. The van der Waals surface area contributed by atoms with Crippen molar-refractivity contribution >= 4 is 17.3 Å². The predicted octanol–water partition coefficient (Wildman–Crippen LogP) is 2.61. The van der Waals surface area contributed by atoms with Crippen LogP contribution < -0.4 is 15.8 Å².